The molecule has 1 aliphatic rings. The minimum absolute atomic E-state index is 0.0429. The van der Waals surface area contributed by atoms with Gasteiger partial charge in [-0.15, -0.1) is 0 Å². The van der Waals surface area contributed by atoms with Gasteiger partial charge in [-0.3, -0.25) is 9.59 Å². The van der Waals surface area contributed by atoms with Crippen molar-refractivity contribution in [3.05, 3.63) is 60.0 Å². The van der Waals surface area contributed by atoms with Gasteiger partial charge in [0, 0.05) is 24.9 Å². The number of esters is 1. The second kappa shape index (κ2) is 8.81. The minimum Gasteiger partial charge on any atom is -0.407 e. The van der Waals surface area contributed by atoms with Crippen molar-refractivity contribution in [1.29, 1.82) is 0 Å². The van der Waals surface area contributed by atoms with Crippen LogP contribution in [0, 0.1) is 11.2 Å². The summed E-state index contributed by atoms with van der Waals surface area (Å²) in [6.07, 6.45) is 2.43. The number of carbonyl (C=O) groups is 2. The van der Waals surface area contributed by atoms with Gasteiger partial charge in [-0.1, -0.05) is 32.9 Å². The number of benzene rings is 2. The van der Waals surface area contributed by atoms with Crippen molar-refractivity contribution in [2.45, 2.75) is 52.9 Å². The SMILES string of the molecule is CC(=O)Oc1c(-c2ccc(NC(=O)CC(C)(C)C)cc2)c(C2CC2)nn1-c1ccc(F)cc1. The molecule has 0 spiro atoms. The number of ether oxygens (including phenoxy) is 1. The van der Waals surface area contributed by atoms with Gasteiger partial charge in [-0.25, -0.2) is 4.39 Å². The van der Waals surface area contributed by atoms with Crippen LogP contribution in [-0.4, -0.2) is 21.7 Å². The highest BCUT2D eigenvalue weighted by Gasteiger charge is 2.34. The van der Waals surface area contributed by atoms with Gasteiger partial charge < -0.3 is 10.1 Å². The molecular formula is C26H28FN3O3. The topological polar surface area (TPSA) is 73.2 Å². The van der Waals surface area contributed by atoms with Crippen molar-refractivity contribution in [2.24, 2.45) is 5.41 Å². The van der Waals surface area contributed by atoms with E-state index in [1.165, 1.54) is 19.1 Å². The fourth-order valence-electron chi connectivity index (χ4n) is 3.73. The maximum absolute atomic E-state index is 13.5. The van der Waals surface area contributed by atoms with Crippen LogP contribution in [0.4, 0.5) is 10.1 Å². The molecular weight excluding hydrogens is 421 g/mol. The molecule has 0 unspecified atom stereocenters. The number of aromatic nitrogens is 2. The Hall–Kier alpha value is -3.48. The average Bonchev–Trinajstić information content (AvgIpc) is 3.50. The first-order valence-electron chi connectivity index (χ1n) is 11.1. The van der Waals surface area contributed by atoms with Crippen LogP contribution in [0.3, 0.4) is 0 Å². The standard InChI is InChI=1S/C26H28FN3O3/c1-16(31)33-25-23(17-7-11-20(12-8-17)28-22(32)15-26(2,3)4)24(18-5-6-18)29-30(25)21-13-9-19(27)10-14-21/h7-14,18H,5-6,15H2,1-4H3,(H,28,32). The lowest BCUT2D eigenvalue weighted by Crippen LogP contribution is -2.19. The van der Waals surface area contributed by atoms with Crippen molar-refractivity contribution < 1.29 is 18.7 Å². The second-order valence-electron chi connectivity index (χ2n) is 9.68. The van der Waals surface area contributed by atoms with Crippen molar-refractivity contribution in [3.8, 4) is 22.7 Å². The van der Waals surface area contributed by atoms with E-state index in [2.05, 4.69) is 5.32 Å². The molecule has 0 radical (unpaired) electrons. The molecule has 1 fully saturated rings. The van der Waals surface area contributed by atoms with E-state index in [0.29, 0.717) is 23.7 Å². The molecule has 1 heterocycles. The van der Waals surface area contributed by atoms with E-state index in [1.807, 2.05) is 45.0 Å². The zero-order valence-electron chi connectivity index (χ0n) is 19.3. The fourth-order valence-corrected chi connectivity index (χ4v) is 3.73. The Kier molecular flexibility index (Phi) is 6.06. The van der Waals surface area contributed by atoms with Crippen LogP contribution in [-0.2, 0) is 9.59 Å². The van der Waals surface area contributed by atoms with E-state index in [4.69, 9.17) is 9.84 Å². The second-order valence-corrected chi connectivity index (χ2v) is 9.68. The molecule has 1 saturated carbocycles. The van der Waals surface area contributed by atoms with Crippen molar-refractivity contribution in [1.82, 2.24) is 9.78 Å². The zero-order valence-corrected chi connectivity index (χ0v) is 19.3. The highest BCUT2D eigenvalue weighted by Crippen LogP contribution is 2.48. The lowest BCUT2D eigenvalue weighted by molar-refractivity contribution is -0.132. The van der Waals surface area contributed by atoms with Gasteiger partial charge in [0.05, 0.1) is 16.9 Å². The number of hydrogen-bond donors (Lipinski definition) is 1. The molecule has 1 aromatic heterocycles. The maximum atomic E-state index is 13.5. The van der Waals surface area contributed by atoms with Gasteiger partial charge >= 0.3 is 5.97 Å². The molecule has 0 aliphatic heterocycles. The number of hydrogen-bond acceptors (Lipinski definition) is 4. The van der Waals surface area contributed by atoms with Gasteiger partial charge in [0.25, 0.3) is 0 Å². The Morgan fingerprint density at radius 1 is 1.09 bits per heavy atom. The Balaban J connectivity index is 1.72. The van der Waals surface area contributed by atoms with Gasteiger partial charge in [0.15, 0.2) is 0 Å². The van der Waals surface area contributed by atoms with Crippen LogP contribution in [0.15, 0.2) is 48.5 Å². The van der Waals surface area contributed by atoms with Gasteiger partial charge in [-0.05, 0) is 60.2 Å². The summed E-state index contributed by atoms with van der Waals surface area (Å²) in [5, 5.41) is 7.69. The number of nitrogens with zero attached hydrogens (tertiary/aromatic N) is 2. The molecule has 0 saturated heterocycles. The van der Waals surface area contributed by atoms with Gasteiger partial charge in [0.2, 0.25) is 11.8 Å². The summed E-state index contributed by atoms with van der Waals surface area (Å²) in [6, 6.07) is 13.3. The Labute approximate surface area is 192 Å². The highest BCUT2D eigenvalue weighted by molar-refractivity contribution is 5.91. The zero-order chi connectivity index (χ0) is 23.8. The van der Waals surface area contributed by atoms with Crippen molar-refractivity contribution in [2.75, 3.05) is 5.32 Å². The van der Waals surface area contributed by atoms with E-state index in [0.717, 1.165) is 29.7 Å². The molecule has 7 heteroatoms. The smallest absolute Gasteiger partial charge is 0.309 e. The first kappa shape index (κ1) is 22.7. The number of nitrogens with one attached hydrogen (secondary N) is 1. The van der Waals surface area contributed by atoms with E-state index >= 15 is 0 Å². The molecule has 6 nitrogen and oxygen atoms in total. The van der Waals surface area contributed by atoms with Gasteiger partial charge in [-0.2, -0.15) is 9.78 Å². The normalized spacial score (nSPS) is 13.6. The Morgan fingerprint density at radius 2 is 1.73 bits per heavy atom. The van der Waals surface area contributed by atoms with Crippen LogP contribution in [0.25, 0.3) is 16.8 Å². The lowest BCUT2D eigenvalue weighted by atomic mass is 9.92. The molecule has 4 rings (SSSR count). The van der Waals surface area contributed by atoms with Crippen LogP contribution < -0.4 is 10.1 Å². The summed E-state index contributed by atoms with van der Waals surface area (Å²) in [5.74, 6) is -0.277. The number of halogens is 1. The summed E-state index contributed by atoms with van der Waals surface area (Å²) in [4.78, 5) is 24.2. The van der Waals surface area contributed by atoms with E-state index in [-0.39, 0.29) is 23.1 Å². The highest BCUT2D eigenvalue weighted by atomic mass is 19.1. The number of anilines is 1. The van der Waals surface area contributed by atoms with E-state index in [1.54, 1.807) is 16.8 Å². The summed E-state index contributed by atoms with van der Waals surface area (Å²) >= 11 is 0. The van der Waals surface area contributed by atoms with Crippen molar-refractivity contribution >= 4 is 17.6 Å². The number of rotatable bonds is 6. The molecule has 1 aliphatic carbocycles. The number of amides is 1. The third-order valence-corrected chi connectivity index (χ3v) is 5.29. The van der Waals surface area contributed by atoms with E-state index in [9.17, 15) is 14.0 Å². The summed E-state index contributed by atoms with van der Waals surface area (Å²) in [7, 11) is 0. The third-order valence-electron chi connectivity index (χ3n) is 5.29. The molecule has 2 aromatic carbocycles. The molecule has 3 aromatic rings. The maximum Gasteiger partial charge on any atom is 0.309 e. The predicted octanol–water partition coefficient (Wildman–Crippen LogP) is 5.86. The summed E-state index contributed by atoms with van der Waals surface area (Å²) in [6.45, 7) is 7.40. The lowest BCUT2D eigenvalue weighted by Gasteiger charge is -2.17. The van der Waals surface area contributed by atoms with Crippen LogP contribution >= 0.6 is 0 Å². The Morgan fingerprint density at radius 3 is 2.27 bits per heavy atom. The van der Waals surface area contributed by atoms with Crippen molar-refractivity contribution in [3.63, 3.8) is 0 Å². The summed E-state index contributed by atoms with van der Waals surface area (Å²) < 4.78 is 20.7. The average molecular weight is 450 g/mol. The van der Waals surface area contributed by atoms with Crippen LogP contribution in [0.2, 0.25) is 0 Å². The predicted molar refractivity (Wildman–Crippen MR) is 125 cm³/mol. The van der Waals surface area contributed by atoms with Gasteiger partial charge in [0.1, 0.15) is 5.82 Å². The monoisotopic (exact) mass is 449 g/mol. The fraction of sp³-hybridized carbons (Fsp3) is 0.346. The summed E-state index contributed by atoms with van der Waals surface area (Å²) in [5.41, 5.74) is 3.62. The van der Waals surface area contributed by atoms with Crippen LogP contribution in [0.1, 0.15) is 58.6 Å². The molecule has 0 atom stereocenters. The largest absolute Gasteiger partial charge is 0.407 e. The van der Waals surface area contributed by atoms with E-state index < -0.39 is 5.97 Å². The molecule has 0 bridgehead atoms. The molecule has 33 heavy (non-hydrogen) atoms. The minimum atomic E-state index is -0.465. The van der Waals surface area contributed by atoms with Crippen LogP contribution in [0.5, 0.6) is 5.88 Å². The molecule has 172 valence electrons. The number of carbonyl (C=O) groups excluding carboxylic acids is 2. The molecule has 1 N–H and O–H groups in total. The quantitative estimate of drug-likeness (QED) is 0.479. The first-order valence-corrected chi connectivity index (χ1v) is 11.1. The first-order chi connectivity index (χ1) is 15.6. The molecule has 1 amide bonds. The third kappa shape index (κ3) is 5.48. The Bertz CT molecular complexity index is 1170.